The van der Waals surface area contributed by atoms with Crippen LogP contribution in [0.3, 0.4) is 0 Å². The second-order valence-electron chi connectivity index (χ2n) is 6.04. The lowest BCUT2D eigenvalue weighted by molar-refractivity contribution is 0.0731. The molecule has 25 heavy (non-hydrogen) atoms. The molecule has 0 N–H and O–H groups in total. The quantitative estimate of drug-likeness (QED) is 0.645. The van der Waals surface area contributed by atoms with Crippen LogP contribution in [-0.4, -0.2) is 21.8 Å². The van der Waals surface area contributed by atoms with Gasteiger partial charge in [-0.05, 0) is 42.5 Å². The summed E-state index contributed by atoms with van der Waals surface area (Å²) >= 11 is 1.68. The highest BCUT2D eigenvalue weighted by Crippen LogP contribution is 2.30. The summed E-state index contributed by atoms with van der Waals surface area (Å²) in [6, 6.07) is 17.5. The zero-order valence-electron chi connectivity index (χ0n) is 13.7. The van der Waals surface area contributed by atoms with Crippen LogP contribution in [0.15, 0.2) is 66.2 Å². The van der Waals surface area contributed by atoms with Crippen molar-refractivity contribution in [3.8, 4) is 11.6 Å². The molecule has 0 saturated heterocycles. The van der Waals surface area contributed by atoms with Gasteiger partial charge in [0, 0.05) is 23.2 Å². The predicted octanol–water partition coefficient (Wildman–Crippen LogP) is 4.74. The number of nitrogens with zero attached hydrogens (tertiary/aromatic N) is 2. The number of ether oxygens (including phenoxy) is 1. The van der Waals surface area contributed by atoms with Crippen molar-refractivity contribution in [1.29, 1.82) is 0 Å². The number of carbonyl (C=O) groups excluding carboxylic acids is 1. The van der Waals surface area contributed by atoms with Crippen molar-refractivity contribution in [1.82, 2.24) is 9.88 Å². The molecule has 2 aromatic heterocycles. The summed E-state index contributed by atoms with van der Waals surface area (Å²) in [5, 5.41) is 2.04. The van der Waals surface area contributed by atoms with Gasteiger partial charge in [-0.3, -0.25) is 4.79 Å². The summed E-state index contributed by atoms with van der Waals surface area (Å²) in [4.78, 5) is 20.3. The Morgan fingerprint density at radius 3 is 2.60 bits per heavy atom. The van der Waals surface area contributed by atoms with Gasteiger partial charge in [0.25, 0.3) is 5.91 Å². The number of rotatable bonds is 6. The molecule has 1 aromatic carbocycles. The van der Waals surface area contributed by atoms with Crippen LogP contribution in [0.2, 0.25) is 0 Å². The number of carbonyl (C=O) groups is 1. The van der Waals surface area contributed by atoms with Gasteiger partial charge in [-0.1, -0.05) is 24.3 Å². The second kappa shape index (κ2) is 7.07. The van der Waals surface area contributed by atoms with Gasteiger partial charge in [0.15, 0.2) is 0 Å². The molecule has 1 aliphatic rings. The van der Waals surface area contributed by atoms with Crippen molar-refractivity contribution in [3.63, 3.8) is 0 Å². The van der Waals surface area contributed by atoms with E-state index >= 15 is 0 Å². The zero-order chi connectivity index (χ0) is 17.1. The van der Waals surface area contributed by atoms with Crippen LogP contribution in [0.5, 0.6) is 11.6 Å². The molecule has 1 saturated carbocycles. The van der Waals surface area contributed by atoms with Crippen molar-refractivity contribution >= 4 is 17.2 Å². The second-order valence-corrected chi connectivity index (χ2v) is 7.08. The van der Waals surface area contributed by atoms with Crippen molar-refractivity contribution in [2.75, 3.05) is 0 Å². The van der Waals surface area contributed by atoms with Gasteiger partial charge in [-0.15, -0.1) is 11.3 Å². The summed E-state index contributed by atoms with van der Waals surface area (Å²) in [5.74, 6) is 1.25. The number of hydrogen-bond acceptors (Lipinski definition) is 4. The van der Waals surface area contributed by atoms with E-state index in [1.165, 1.54) is 4.88 Å². The smallest absolute Gasteiger partial charge is 0.256 e. The summed E-state index contributed by atoms with van der Waals surface area (Å²) in [6.07, 6.45) is 3.77. The highest BCUT2D eigenvalue weighted by molar-refractivity contribution is 7.09. The van der Waals surface area contributed by atoms with E-state index in [4.69, 9.17) is 4.74 Å². The molecule has 3 aromatic rings. The maximum absolute atomic E-state index is 12.9. The third kappa shape index (κ3) is 3.88. The summed E-state index contributed by atoms with van der Waals surface area (Å²) in [7, 11) is 0. The summed E-state index contributed by atoms with van der Waals surface area (Å²) in [6.45, 7) is 0.670. The van der Waals surface area contributed by atoms with Crippen LogP contribution < -0.4 is 4.74 Å². The molecule has 0 radical (unpaired) electrons. The first-order valence-corrected chi connectivity index (χ1v) is 9.20. The maximum atomic E-state index is 12.9. The van der Waals surface area contributed by atoms with E-state index in [0.29, 0.717) is 24.0 Å². The highest BCUT2D eigenvalue weighted by atomic mass is 32.1. The van der Waals surface area contributed by atoms with Gasteiger partial charge in [0.2, 0.25) is 5.88 Å². The van der Waals surface area contributed by atoms with Gasteiger partial charge in [0.05, 0.1) is 12.1 Å². The molecule has 0 aliphatic heterocycles. The average molecular weight is 350 g/mol. The Balaban J connectivity index is 1.47. The monoisotopic (exact) mass is 350 g/mol. The molecule has 0 unspecified atom stereocenters. The van der Waals surface area contributed by atoms with E-state index in [0.717, 1.165) is 18.6 Å². The third-order valence-corrected chi connectivity index (χ3v) is 4.96. The lowest BCUT2D eigenvalue weighted by Crippen LogP contribution is -2.32. The van der Waals surface area contributed by atoms with Crippen LogP contribution >= 0.6 is 11.3 Å². The highest BCUT2D eigenvalue weighted by Gasteiger charge is 2.33. The number of pyridine rings is 1. The van der Waals surface area contributed by atoms with E-state index in [1.807, 2.05) is 46.7 Å². The molecular formula is C20H18N2O2S. The van der Waals surface area contributed by atoms with Crippen molar-refractivity contribution in [2.45, 2.75) is 25.4 Å². The zero-order valence-corrected chi connectivity index (χ0v) is 14.5. The van der Waals surface area contributed by atoms with Crippen molar-refractivity contribution in [2.24, 2.45) is 0 Å². The molecule has 1 fully saturated rings. The van der Waals surface area contributed by atoms with Gasteiger partial charge in [0.1, 0.15) is 5.75 Å². The van der Waals surface area contributed by atoms with E-state index < -0.39 is 0 Å². The maximum Gasteiger partial charge on any atom is 0.256 e. The molecule has 4 nitrogen and oxygen atoms in total. The van der Waals surface area contributed by atoms with Gasteiger partial charge in [-0.25, -0.2) is 4.98 Å². The van der Waals surface area contributed by atoms with Crippen LogP contribution in [0.25, 0.3) is 0 Å². The average Bonchev–Trinajstić information content (AvgIpc) is 3.36. The first-order chi connectivity index (χ1) is 12.3. The number of benzene rings is 1. The SMILES string of the molecule is O=C(c1ccc(Oc2ccccc2)nc1)N(Cc1cccs1)C1CC1. The largest absolute Gasteiger partial charge is 0.439 e. The lowest BCUT2D eigenvalue weighted by atomic mass is 10.2. The van der Waals surface area contributed by atoms with Crippen LogP contribution in [-0.2, 0) is 6.54 Å². The fourth-order valence-corrected chi connectivity index (χ4v) is 3.37. The minimum atomic E-state index is 0.0367. The minimum absolute atomic E-state index is 0.0367. The number of hydrogen-bond donors (Lipinski definition) is 0. The molecular weight excluding hydrogens is 332 g/mol. The summed E-state index contributed by atoms with van der Waals surface area (Å²) < 4.78 is 5.68. The summed E-state index contributed by atoms with van der Waals surface area (Å²) in [5.41, 5.74) is 0.601. The lowest BCUT2D eigenvalue weighted by Gasteiger charge is -2.21. The van der Waals surface area contributed by atoms with E-state index in [2.05, 4.69) is 11.1 Å². The minimum Gasteiger partial charge on any atom is -0.439 e. The Morgan fingerprint density at radius 1 is 1.12 bits per heavy atom. The van der Waals surface area contributed by atoms with Crippen LogP contribution in [0.4, 0.5) is 0 Å². The van der Waals surface area contributed by atoms with Gasteiger partial charge >= 0.3 is 0 Å². The van der Waals surface area contributed by atoms with Crippen LogP contribution in [0.1, 0.15) is 28.1 Å². The Hall–Kier alpha value is -2.66. The molecule has 0 bridgehead atoms. The molecule has 2 heterocycles. The predicted molar refractivity (Wildman–Crippen MR) is 98.0 cm³/mol. The number of amides is 1. The Kier molecular flexibility index (Phi) is 4.48. The molecule has 0 atom stereocenters. The van der Waals surface area contributed by atoms with E-state index in [1.54, 1.807) is 29.7 Å². The molecule has 4 rings (SSSR count). The molecule has 126 valence electrons. The topological polar surface area (TPSA) is 42.4 Å². The third-order valence-electron chi connectivity index (χ3n) is 4.10. The standard InChI is InChI=1S/C20H18N2O2S/c23-20(22(16-9-10-16)14-18-7-4-12-25-18)15-8-11-19(21-13-15)24-17-5-2-1-3-6-17/h1-8,11-13,16H,9-10,14H2. The Morgan fingerprint density at radius 2 is 1.96 bits per heavy atom. The fourth-order valence-electron chi connectivity index (χ4n) is 2.67. The van der Waals surface area contributed by atoms with E-state index in [-0.39, 0.29) is 5.91 Å². The van der Waals surface area contributed by atoms with E-state index in [9.17, 15) is 4.79 Å². The van der Waals surface area contributed by atoms with Crippen molar-refractivity contribution in [3.05, 3.63) is 76.6 Å². The number of thiophene rings is 1. The molecule has 5 heteroatoms. The first kappa shape index (κ1) is 15.8. The molecule has 1 aliphatic carbocycles. The number of para-hydroxylation sites is 1. The Labute approximate surface area is 150 Å². The fraction of sp³-hybridized carbons (Fsp3) is 0.200. The molecule has 1 amide bonds. The van der Waals surface area contributed by atoms with Gasteiger partial charge in [-0.2, -0.15) is 0 Å². The number of aromatic nitrogens is 1. The Bertz CT molecular complexity index is 828. The van der Waals surface area contributed by atoms with Crippen LogP contribution in [0, 0.1) is 0 Å². The van der Waals surface area contributed by atoms with Crippen molar-refractivity contribution < 1.29 is 9.53 Å². The van der Waals surface area contributed by atoms with Gasteiger partial charge < -0.3 is 9.64 Å². The normalized spacial score (nSPS) is 13.4. The molecule has 0 spiro atoms. The first-order valence-electron chi connectivity index (χ1n) is 8.32.